The van der Waals surface area contributed by atoms with Gasteiger partial charge in [-0.05, 0) is 6.92 Å². The zero-order valence-electron chi connectivity index (χ0n) is 19.3. The van der Waals surface area contributed by atoms with Crippen LogP contribution >= 0.6 is 0 Å². The lowest BCUT2D eigenvalue weighted by atomic mass is 9.89. The summed E-state index contributed by atoms with van der Waals surface area (Å²) in [5.74, 6) is -2.18. The van der Waals surface area contributed by atoms with Crippen LogP contribution in [-0.4, -0.2) is 74.9 Å². The third kappa shape index (κ3) is 4.81. The summed E-state index contributed by atoms with van der Waals surface area (Å²) >= 11 is 0. The van der Waals surface area contributed by atoms with Gasteiger partial charge < -0.3 is 42.6 Å². The van der Waals surface area contributed by atoms with Gasteiger partial charge in [0, 0.05) is 51.9 Å². The molecule has 0 aromatic rings. The standard InChI is InChI=1S/C8H12O3.2C7H12O3/c1-8-9-5-2-6(10-8)4-7(3-5)11-8;1-6-3-8-7(2,9-4-6)10-5-6;1-6-3-4-8-7(2,10-6)9-5-6/h5-7H,2-4H2,1H3;2*3-5H2,1-2H3. The van der Waals surface area contributed by atoms with E-state index in [4.69, 9.17) is 42.6 Å². The highest BCUT2D eigenvalue weighted by Crippen LogP contribution is 2.44. The summed E-state index contributed by atoms with van der Waals surface area (Å²) in [6, 6.07) is 0. The topological polar surface area (TPSA) is 83.1 Å². The molecule has 8 bridgehead atoms. The Morgan fingerprint density at radius 1 is 0.548 bits per heavy atom. The Hall–Kier alpha value is -0.360. The number of hydrogen-bond donors (Lipinski definition) is 0. The summed E-state index contributed by atoms with van der Waals surface area (Å²) in [4.78, 5) is 0. The van der Waals surface area contributed by atoms with Gasteiger partial charge >= 0.3 is 0 Å². The van der Waals surface area contributed by atoms with Crippen molar-refractivity contribution in [2.45, 2.75) is 102 Å². The van der Waals surface area contributed by atoms with E-state index in [1.165, 1.54) is 0 Å². The Kier molecular flexibility index (Phi) is 5.48. The zero-order valence-corrected chi connectivity index (χ0v) is 19.3. The van der Waals surface area contributed by atoms with Crippen molar-refractivity contribution in [2.24, 2.45) is 5.41 Å². The molecule has 1 aliphatic carbocycles. The van der Waals surface area contributed by atoms with E-state index in [9.17, 15) is 0 Å². The molecule has 178 valence electrons. The molecule has 0 aromatic heterocycles. The van der Waals surface area contributed by atoms with E-state index < -0.39 is 17.9 Å². The molecule has 8 aliphatic heterocycles. The molecule has 9 heteroatoms. The lowest BCUT2D eigenvalue weighted by molar-refractivity contribution is -0.485. The molecule has 0 amide bonds. The van der Waals surface area contributed by atoms with E-state index in [1.54, 1.807) is 0 Å². The van der Waals surface area contributed by atoms with Crippen LogP contribution in [0.25, 0.3) is 0 Å². The van der Waals surface area contributed by atoms with Crippen LogP contribution in [0.4, 0.5) is 0 Å². The van der Waals surface area contributed by atoms with Gasteiger partial charge in [0.25, 0.3) is 17.9 Å². The smallest absolute Gasteiger partial charge is 0.280 e. The minimum absolute atomic E-state index is 0.0903. The molecule has 1 saturated carbocycles. The Morgan fingerprint density at radius 2 is 1.03 bits per heavy atom. The molecule has 0 N–H and O–H groups in total. The Balaban J connectivity index is 0.0000000990. The maximum absolute atomic E-state index is 5.57. The van der Waals surface area contributed by atoms with Crippen molar-refractivity contribution in [3.63, 3.8) is 0 Å². The van der Waals surface area contributed by atoms with Crippen LogP contribution < -0.4 is 0 Å². The molecule has 0 spiro atoms. The average Bonchev–Trinajstić information content (AvgIpc) is 2.89. The summed E-state index contributed by atoms with van der Waals surface area (Å²) < 4.78 is 48.8. The molecule has 9 aliphatic rings. The van der Waals surface area contributed by atoms with Gasteiger partial charge in [0.15, 0.2) is 0 Å². The minimum atomic E-state index is -0.743. The molecule has 31 heavy (non-hydrogen) atoms. The second-order valence-corrected chi connectivity index (χ2v) is 10.6. The molecule has 2 atom stereocenters. The van der Waals surface area contributed by atoms with Gasteiger partial charge in [-0.2, -0.15) is 0 Å². The summed E-state index contributed by atoms with van der Waals surface area (Å²) in [7, 11) is 0. The summed E-state index contributed by atoms with van der Waals surface area (Å²) in [6.45, 7) is 13.3. The fourth-order valence-corrected chi connectivity index (χ4v) is 5.05. The molecule has 9 nitrogen and oxygen atoms in total. The number of rotatable bonds is 0. The predicted molar refractivity (Wildman–Crippen MR) is 106 cm³/mol. The van der Waals surface area contributed by atoms with Gasteiger partial charge in [-0.3, -0.25) is 0 Å². The Morgan fingerprint density at radius 3 is 1.42 bits per heavy atom. The third-order valence-electron chi connectivity index (χ3n) is 6.83. The van der Waals surface area contributed by atoms with E-state index >= 15 is 0 Å². The largest absolute Gasteiger partial charge is 0.328 e. The molecule has 9 fully saturated rings. The molecule has 0 radical (unpaired) electrons. The second kappa shape index (κ2) is 7.58. The molecule has 8 heterocycles. The fourth-order valence-electron chi connectivity index (χ4n) is 5.05. The van der Waals surface area contributed by atoms with Gasteiger partial charge in [0.1, 0.15) is 0 Å². The van der Waals surface area contributed by atoms with Crippen molar-refractivity contribution in [2.75, 3.05) is 33.0 Å². The van der Waals surface area contributed by atoms with Crippen LogP contribution in [0.1, 0.15) is 60.3 Å². The van der Waals surface area contributed by atoms with Gasteiger partial charge in [0.2, 0.25) is 0 Å². The molecule has 8 saturated heterocycles. The van der Waals surface area contributed by atoms with Crippen molar-refractivity contribution in [1.29, 1.82) is 0 Å². The van der Waals surface area contributed by atoms with Crippen molar-refractivity contribution in [1.82, 2.24) is 0 Å². The maximum Gasteiger partial charge on any atom is 0.280 e. The first-order chi connectivity index (χ1) is 14.5. The van der Waals surface area contributed by atoms with Crippen LogP contribution in [0.5, 0.6) is 0 Å². The first kappa shape index (κ1) is 22.4. The van der Waals surface area contributed by atoms with Crippen LogP contribution in [0.2, 0.25) is 0 Å². The molecular weight excluding hydrogens is 408 g/mol. The zero-order chi connectivity index (χ0) is 22.0. The van der Waals surface area contributed by atoms with Crippen LogP contribution in [0, 0.1) is 5.41 Å². The highest BCUT2D eigenvalue weighted by atomic mass is 16.9. The minimum Gasteiger partial charge on any atom is -0.328 e. The number of fused-ring (bicyclic) bond motifs is 5. The van der Waals surface area contributed by atoms with E-state index in [2.05, 4.69) is 13.8 Å². The molecule has 9 rings (SSSR count). The second-order valence-electron chi connectivity index (χ2n) is 10.6. The Bertz CT molecular complexity index is 590. The normalized spacial score (nSPS) is 55.8. The van der Waals surface area contributed by atoms with E-state index in [-0.39, 0.29) is 11.0 Å². The van der Waals surface area contributed by atoms with E-state index in [0.717, 1.165) is 52.1 Å². The number of hydrogen-bond acceptors (Lipinski definition) is 9. The molecule has 0 aromatic carbocycles. The third-order valence-corrected chi connectivity index (χ3v) is 6.83. The van der Waals surface area contributed by atoms with Crippen molar-refractivity contribution in [3.05, 3.63) is 0 Å². The quantitative estimate of drug-likeness (QED) is 0.560. The molecular formula is C22H36O9. The SMILES string of the molecule is CC12CCOC(C)(OC1)O2.CC12COC(C)(OC1)OC2.CC12OC3CC(CC(C3)O1)O2. The van der Waals surface area contributed by atoms with Crippen molar-refractivity contribution < 1.29 is 42.6 Å². The summed E-state index contributed by atoms with van der Waals surface area (Å²) in [5, 5.41) is 0. The van der Waals surface area contributed by atoms with Crippen molar-refractivity contribution in [3.8, 4) is 0 Å². The predicted octanol–water partition coefficient (Wildman–Crippen LogP) is 2.66. The highest BCUT2D eigenvalue weighted by molar-refractivity contribution is 4.90. The van der Waals surface area contributed by atoms with E-state index in [1.807, 2.05) is 20.8 Å². The van der Waals surface area contributed by atoms with Crippen LogP contribution in [0.15, 0.2) is 0 Å². The summed E-state index contributed by atoms with van der Waals surface area (Å²) in [5.41, 5.74) is 0.00472. The lowest BCUT2D eigenvalue weighted by Crippen LogP contribution is -2.60. The van der Waals surface area contributed by atoms with Gasteiger partial charge in [-0.15, -0.1) is 0 Å². The van der Waals surface area contributed by atoms with Gasteiger partial charge in [0.05, 0.1) is 56.9 Å². The fraction of sp³-hybridized carbons (Fsp3) is 1.00. The first-order valence-electron chi connectivity index (χ1n) is 11.4. The van der Waals surface area contributed by atoms with Crippen molar-refractivity contribution >= 4 is 0 Å². The summed E-state index contributed by atoms with van der Waals surface area (Å²) in [6.07, 6.45) is 5.31. The van der Waals surface area contributed by atoms with Gasteiger partial charge in [-0.25, -0.2) is 0 Å². The monoisotopic (exact) mass is 444 g/mol. The lowest BCUT2D eigenvalue weighted by Gasteiger charge is -2.53. The van der Waals surface area contributed by atoms with Gasteiger partial charge in [-0.1, -0.05) is 6.92 Å². The highest BCUT2D eigenvalue weighted by Gasteiger charge is 2.52. The van der Waals surface area contributed by atoms with E-state index in [0.29, 0.717) is 24.9 Å². The number of ether oxygens (including phenoxy) is 9. The average molecular weight is 445 g/mol. The van der Waals surface area contributed by atoms with Crippen LogP contribution in [-0.2, 0) is 42.6 Å². The molecule has 2 unspecified atom stereocenters. The Labute approximate surface area is 183 Å². The maximum atomic E-state index is 5.57. The first-order valence-corrected chi connectivity index (χ1v) is 11.4. The van der Waals surface area contributed by atoms with Crippen LogP contribution in [0.3, 0.4) is 0 Å².